The van der Waals surface area contributed by atoms with Crippen LogP contribution >= 0.6 is 18.0 Å². The zero-order valence-electron chi connectivity index (χ0n) is 31.4. The van der Waals surface area contributed by atoms with Crippen LogP contribution in [0, 0.1) is 0 Å². The average molecular weight is 863 g/mol. The Morgan fingerprint density at radius 1 is 0.786 bits per heavy atom. The number of hydrogen-bond acceptors (Lipinski definition) is 15. The number of hydrogen-bond donors (Lipinski definition) is 0. The van der Waals surface area contributed by atoms with E-state index in [0.717, 1.165) is 26.6 Å². The maximum Gasteiger partial charge on any atom is 0.287 e. The van der Waals surface area contributed by atoms with Gasteiger partial charge in [0.1, 0.15) is 32.7 Å². The number of carbonyl (C=O) groups excluding carboxylic acids is 3. The molecule has 0 saturated carbocycles. The van der Waals surface area contributed by atoms with E-state index in [1.807, 2.05) is 0 Å². The summed E-state index contributed by atoms with van der Waals surface area (Å²) in [5, 5.41) is 1.01. The molecular formula is C35H44ClN2O15PS2. The van der Waals surface area contributed by atoms with Gasteiger partial charge in [0.25, 0.3) is 28.6 Å². The highest BCUT2D eigenvalue weighted by Crippen LogP contribution is 2.47. The lowest BCUT2D eigenvalue weighted by molar-refractivity contribution is -0.122. The first-order valence-electron chi connectivity index (χ1n) is 16.9. The summed E-state index contributed by atoms with van der Waals surface area (Å²) in [5.74, 6) is 2.15. The molecule has 0 N–H and O–H groups in total. The van der Waals surface area contributed by atoms with E-state index in [-0.39, 0.29) is 13.1 Å². The van der Waals surface area contributed by atoms with Gasteiger partial charge < -0.3 is 32.9 Å². The molecule has 1 unspecified atom stereocenters. The van der Waals surface area contributed by atoms with Crippen molar-refractivity contribution in [1.29, 1.82) is 0 Å². The molecule has 0 aromatic heterocycles. The summed E-state index contributed by atoms with van der Waals surface area (Å²) in [5.41, 5.74) is 1.09. The molecule has 4 aliphatic heterocycles. The van der Waals surface area contributed by atoms with Crippen LogP contribution in [0.25, 0.3) is 6.08 Å². The Morgan fingerprint density at radius 2 is 1.25 bits per heavy atom. The van der Waals surface area contributed by atoms with Gasteiger partial charge in [-0.15, -0.1) is 0 Å². The molecule has 0 saturated heterocycles. The van der Waals surface area contributed by atoms with Gasteiger partial charge in [-0.05, 0) is 66.9 Å². The van der Waals surface area contributed by atoms with Crippen molar-refractivity contribution in [2.45, 2.75) is 19.8 Å². The van der Waals surface area contributed by atoms with Crippen LogP contribution in [0.4, 0.5) is 0 Å². The van der Waals surface area contributed by atoms with Gasteiger partial charge in [-0.3, -0.25) is 18.9 Å². The Morgan fingerprint density at radius 3 is 1.64 bits per heavy atom. The van der Waals surface area contributed by atoms with Crippen LogP contribution in [0.1, 0.15) is 35.7 Å². The molecule has 0 bridgehead atoms. The number of fused-ring (bicyclic) bond motifs is 2. The molecule has 4 heterocycles. The predicted octanol–water partition coefficient (Wildman–Crippen LogP) is 4.65. The van der Waals surface area contributed by atoms with Crippen LogP contribution in [0.5, 0.6) is 34.5 Å². The summed E-state index contributed by atoms with van der Waals surface area (Å²) in [6, 6.07) is 6.59. The number of benzene rings is 2. The third-order valence-corrected chi connectivity index (χ3v) is 11.0. The monoisotopic (exact) mass is 862 g/mol. The van der Waals surface area contributed by atoms with Gasteiger partial charge in [0.15, 0.2) is 23.0 Å². The maximum absolute atomic E-state index is 12.3. The summed E-state index contributed by atoms with van der Waals surface area (Å²) >= 11 is 5.17. The number of aldehydes is 1. The van der Waals surface area contributed by atoms with Gasteiger partial charge in [-0.1, -0.05) is 12.2 Å². The minimum absolute atomic E-state index is 0.145. The fraction of sp³-hybridized carbons (Fsp3) is 0.400. The summed E-state index contributed by atoms with van der Waals surface area (Å²) in [4.78, 5) is 33.2. The smallest absolute Gasteiger partial charge is 0.287 e. The molecular weight excluding hydrogens is 819 g/mol. The van der Waals surface area contributed by atoms with Crippen LogP contribution in [-0.4, -0.2) is 117 Å². The predicted molar refractivity (Wildman–Crippen MR) is 208 cm³/mol. The lowest BCUT2D eigenvalue weighted by Gasteiger charge is -2.21. The van der Waals surface area contributed by atoms with Crippen molar-refractivity contribution in [3.05, 3.63) is 65.1 Å². The molecule has 56 heavy (non-hydrogen) atoms. The summed E-state index contributed by atoms with van der Waals surface area (Å²) in [7, 11) is -4.15. The fourth-order valence-electron chi connectivity index (χ4n) is 4.94. The van der Waals surface area contributed by atoms with E-state index in [1.165, 1.54) is 39.1 Å². The van der Waals surface area contributed by atoms with E-state index in [2.05, 4.69) is 4.52 Å². The second-order valence-electron chi connectivity index (χ2n) is 11.6. The van der Waals surface area contributed by atoms with E-state index in [0.29, 0.717) is 91.5 Å². The number of halogens is 1. The van der Waals surface area contributed by atoms with Gasteiger partial charge in [0.05, 0.1) is 32.5 Å². The van der Waals surface area contributed by atoms with Gasteiger partial charge in [-0.2, -0.15) is 0 Å². The third kappa shape index (κ3) is 13.9. The van der Waals surface area contributed by atoms with Crippen LogP contribution in [0.15, 0.2) is 54.0 Å². The molecule has 0 spiro atoms. The third-order valence-electron chi connectivity index (χ3n) is 7.35. The van der Waals surface area contributed by atoms with Gasteiger partial charge >= 0.3 is 0 Å². The highest BCUT2D eigenvalue weighted by Gasteiger charge is 2.26. The first-order valence-corrected chi connectivity index (χ1v) is 23.2. The van der Waals surface area contributed by atoms with Crippen molar-refractivity contribution < 1.29 is 68.7 Å². The number of methoxy groups -OCH3 is 2. The van der Waals surface area contributed by atoms with Crippen molar-refractivity contribution in [3.63, 3.8) is 0 Å². The van der Waals surface area contributed by atoms with Crippen LogP contribution in [0.3, 0.4) is 0 Å². The van der Waals surface area contributed by atoms with Crippen molar-refractivity contribution >= 4 is 62.2 Å². The van der Waals surface area contributed by atoms with Crippen molar-refractivity contribution in [3.8, 4) is 34.5 Å². The van der Waals surface area contributed by atoms with Gasteiger partial charge in [0.2, 0.25) is 21.5 Å². The molecule has 21 heteroatoms. The summed E-state index contributed by atoms with van der Waals surface area (Å²) < 4.78 is 95.1. The van der Waals surface area contributed by atoms with Gasteiger partial charge in [-0.25, -0.2) is 25.4 Å². The summed E-state index contributed by atoms with van der Waals surface area (Å²) in [6.45, 7) is 3.10. The van der Waals surface area contributed by atoms with Crippen LogP contribution < -0.4 is 28.4 Å². The Bertz CT molecular complexity index is 2050. The highest BCUT2D eigenvalue weighted by molar-refractivity contribution is 7.92. The normalized spacial score (nSPS) is 16.9. The number of ether oxygens (including phenoxy) is 6. The van der Waals surface area contributed by atoms with E-state index in [4.69, 9.17) is 39.7 Å². The minimum Gasteiger partial charge on any atom is -0.493 e. The van der Waals surface area contributed by atoms with Crippen molar-refractivity contribution in [1.82, 2.24) is 8.61 Å². The molecule has 2 amide bonds. The topological polar surface area (TPSA) is 208 Å². The average Bonchev–Trinajstić information content (AvgIpc) is 3.16. The van der Waals surface area contributed by atoms with E-state index in [9.17, 15) is 35.8 Å². The van der Waals surface area contributed by atoms with E-state index >= 15 is 0 Å². The number of nitrogens with zero attached hydrogens (tertiary/aromatic N) is 2. The van der Waals surface area contributed by atoms with E-state index < -0.39 is 38.6 Å². The molecule has 1 atom stereocenters. The van der Waals surface area contributed by atoms with Crippen molar-refractivity contribution in [2.24, 2.45) is 0 Å². The number of sulfonamides is 2. The largest absolute Gasteiger partial charge is 0.493 e. The zero-order valence-corrected chi connectivity index (χ0v) is 34.7. The maximum atomic E-state index is 12.3. The molecule has 0 fully saturated rings. The first-order chi connectivity index (χ1) is 26.4. The summed E-state index contributed by atoms with van der Waals surface area (Å²) in [6.07, 6.45) is 10.2. The van der Waals surface area contributed by atoms with E-state index in [1.54, 1.807) is 43.3 Å². The quantitative estimate of drug-likeness (QED) is 0.248. The molecule has 2 aromatic rings. The number of rotatable bonds is 9. The Balaban J connectivity index is 0.000000223. The lowest BCUT2D eigenvalue weighted by atomic mass is 10.1. The molecule has 0 aliphatic carbocycles. The second kappa shape index (κ2) is 21.1. The molecule has 2 aromatic carbocycles. The molecule has 4 aliphatic rings. The molecule has 308 valence electrons. The standard InChI is InChI=1S/C16H17NO6S.C10H10O4.C6H9NO3S.C3H8ClO2P/c1-21-13-10-12(11-14-16(13)23-8-7-22-14)5-9-24(19,20)17-6-3-2-4-15(17)18;1-12-8-4-7(6-11)5-9-10(8)14-3-2-13-9;1-11(9,10)7-5-3-2-4-6(7)8;1-3-6-7(2,4)5/h2,4-5,9-11H,3,6-8H2,1H3;4-6H,2-3H2,1H3;2,4H,3,5H2,1H3;3H2,1-2H3/b9-5+;;;. The second-order valence-corrected chi connectivity index (χ2v) is 18.8. The van der Waals surface area contributed by atoms with Crippen LogP contribution in [0.2, 0.25) is 0 Å². The molecule has 0 radical (unpaired) electrons. The van der Waals surface area contributed by atoms with Crippen molar-refractivity contribution in [2.75, 3.05) is 73.3 Å². The first kappa shape index (κ1) is 45.8. The highest BCUT2D eigenvalue weighted by atomic mass is 35.7. The Hall–Kier alpha value is -4.55. The SMILES string of the molecule is CCOP(C)(=O)Cl.COc1cc(/C=C/S(=O)(=O)N2CCC=CC2=O)cc2c1OCCO2.COc1cc(C=O)cc2c1OCCO2.CS(=O)(=O)N1CCC=CC1=O. The Kier molecular flexibility index (Phi) is 17.3. The number of amides is 2. The minimum atomic E-state index is -3.83. The number of carbonyl (C=O) groups is 3. The Labute approximate surface area is 331 Å². The molecule has 6 rings (SSSR count). The molecule has 17 nitrogen and oxygen atoms in total. The fourth-order valence-corrected chi connectivity index (χ4v) is 7.67. The zero-order chi connectivity index (χ0) is 41.5. The van der Waals surface area contributed by atoms with Crippen LogP contribution in [-0.2, 0) is 38.7 Å². The lowest BCUT2D eigenvalue weighted by Crippen LogP contribution is -2.37. The van der Waals surface area contributed by atoms with Gasteiger partial charge in [0, 0.05) is 37.5 Å².